The van der Waals surface area contributed by atoms with Gasteiger partial charge in [0.1, 0.15) is 11.5 Å². The van der Waals surface area contributed by atoms with Gasteiger partial charge in [-0.25, -0.2) is 4.79 Å². The summed E-state index contributed by atoms with van der Waals surface area (Å²) in [5.41, 5.74) is 2.35. The molecule has 0 heterocycles. The maximum atomic E-state index is 11.9. The van der Waals surface area contributed by atoms with Crippen molar-refractivity contribution in [2.24, 2.45) is 0 Å². The highest BCUT2D eigenvalue weighted by molar-refractivity contribution is 5.95. The summed E-state index contributed by atoms with van der Waals surface area (Å²) in [6.45, 7) is 0.588. The predicted molar refractivity (Wildman–Crippen MR) is 116 cm³/mol. The summed E-state index contributed by atoms with van der Waals surface area (Å²) in [5, 5.41) is 5.63. The van der Waals surface area contributed by atoms with E-state index in [2.05, 4.69) is 23.5 Å². The fourth-order valence-electron chi connectivity index (χ4n) is 3.16. The molecular weight excluding hydrogens is 362 g/mol. The van der Waals surface area contributed by atoms with Gasteiger partial charge in [0.05, 0.1) is 12.7 Å². The summed E-state index contributed by atoms with van der Waals surface area (Å²) in [6.07, 6.45) is 0. The molecule has 4 nitrogen and oxygen atoms in total. The van der Waals surface area contributed by atoms with Gasteiger partial charge in [-0.3, -0.25) is 0 Å². The van der Waals surface area contributed by atoms with E-state index in [0.29, 0.717) is 12.1 Å². The van der Waals surface area contributed by atoms with Gasteiger partial charge >= 0.3 is 5.97 Å². The van der Waals surface area contributed by atoms with E-state index in [0.717, 1.165) is 28.1 Å². The Hall–Kier alpha value is -3.79. The third kappa shape index (κ3) is 4.38. The summed E-state index contributed by atoms with van der Waals surface area (Å²) in [7, 11) is 1.38. The van der Waals surface area contributed by atoms with Crippen molar-refractivity contribution in [2.75, 3.05) is 12.4 Å². The maximum Gasteiger partial charge on any atom is 0.339 e. The van der Waals surface area contributed by atoms with E-state index >= 15 is 0 Å². The van der Waals surface area contributed by atoms with Gasteiger partial charge in [-0.2, -0.15) is 0 Å². The number of ether oxygens (including phenoxy) is 2. The maximum absolute atomic E-state index is 11.9. The summed E-state index contributed by atoms with van der Waals surface area (Å²) in [5.74, 6) is 1.23. The largest absolute Gasteiger partial charge is 0.465 e. The van der Waals surface area contributed by atoms with E-state index in [-0.39, 0.29) is 5.97 Å². The summed E-state index contributed by atoms with van der Waals surface area (Å²) in [6, 6.07) is 29.5. The number of carbonyl (C=O) groups excluding carboxylic acids is 1. The van der Waals surface area contributed by atoms with Crippen molar-refractivity contribution in [1.29, 1.82) is 0 Å². The molecule has 1 N–H and O–H groups in total. The van der Waals surface area contributed by atoms with E-state index in [1.807, 2.05) is 66.7 Å². The second-order valence-electron chi connectivity index (χ2n) is 6.65. The Bertz CT molecular complexity index is 1140. The average Bonchev–Trinajstić information content (AvgIpc) is 2.78. The summed E-state index contributed by atoms with van der Waals surface area (Å²) >= 11 is 0. The Balaban J connectivity index is 1.42. The number of hydrogen-bond acceptors (Lipinski definition) is 4. The molecule has 144 valence electrons. The third-order valence-electron chi connectivity index (χ3n) is 4.70. The molecule has 4 aromatic rings. The summed E-state index contributed by atoms with van der Waals surface area (Å²) in [4.78, 5) is 11.9. The molecule has 0 aliphatic rings. The smallest absolute Gasteiger partial charge is 0.339 e. The van der Waals surface area contributed by atoms with Gasteiger partial charge in [0.15, 0.2) is 0 Å². The van der Waals surface area contributed by atoms with Crippen LogP contribution in [-0.2, 0) is 11.3 Å². The molecule has 0 saturated heterocycles. The minimum absolute atomic E-state index is 0.354. The predicted octanol–water partition coefficient (Wildman–Crippen LogP) is 6.03. The van der Waals surface area contributed by atoms with Crippen LogP contribution in [0.25, 0.3) is 10.8 Å². The molecule has 0 atom stereocenters. The van der Waals surface area contributed by atoms with Crippen LogP contribution in [0, 0.1) is 0 Å². The van der Waals surface area contributed by atoms with E-state index in [1.54, 1.807) is 6.07 Å². The van der Waals surface area contributed by atoms with Gasteiger partial charge in [-0.1, -0.05) is 54.6 Å². The first-order valence-electron chi connectivity index (χ1n) is 9.40. The molecule has 0 spiro atoms. The Kier molecular flexibility index (Phi) is 5.43. The molecule has 0 aliphatic heterocycles. The minimum Gasteiger partial charge on any atom is -0.465 e. The third-order valence-corrected chi connectivity index (χ3v) is 4.70. The Morgan fingerprint density at radius 1 is 0.793 bits per heavy atom. The number of benzene rings is 4. The molecule has 0 aliphatic carbocycles. The van der Waals surface area contributed by atoms with Gasteiger partial charge in [0, 0.05) is 12.2 Å². The molecular formula is C25H21NO3. The van der Waals surface area contributed by atoms with Crippen LogP contribution in [0.3, 0.4) is 0 Å². The highest BCUT2D eigenvalue weighted by Crippen LogP contribution is 2.26. The first kappa shape index (κ1) is 18.6. The van der Waals surface area contributed by atoms with Crippen LogP contribution in [-0.4, -0.2) is 13.1 Å². The molecule has 4 heteroatoms. The van der Waals surface area contributed by atoms with Gasteiger partial charge in [-0.15, -0.1) is 0 Å². The van der Waals surface area contributed by atoms with Crippen LogP contribution < -0.4 is 10.1 Å². The number of anilines is 1. The van der Waals surface area contributed by atoms with Crippen molar-refractivity contribution in [3.8, 4) is 11.5 Å². The molecule has 29 heavy (non-hydrogen) atoms. The topological polar surface area (TPSA) is 47.6 Å². The average molecular weight is 383 g/mol. The van der Waals surface area contributed by atoms with Crippen LogP contribution in [0.15, 0.2) is 91.0 Å². The molecule has 0 radical (unpaired) electrons. The molecule has 0 saturated carbocycles. The SMILES string of the molecule is COC(=O)c1ccccc1NCc1ccc(Oc2ccc3ccccc3c2)cc1. The zero-order valence-corrected chi connectivity index (χ0v) is 16.1. The summed E-state index contributed by atoms with van der Waals surface area (Å²) < 4.78 is 10.8. The Morgan fingerprint density at radius 2 is 1.48 bits per heavy atom. The highest BCUT2D eigenvalue weighted by Gasteiger charge is 2.10. The van der Waals surface area contributed by atoms with E-state index in [4.69, 9.17) is 9.47 Å². The Morgan fingerprint density at radius 3 is 2.28 bits per heavy atom. The second-order valence-corrected chi connectivity index (χ2v) is 6.65. The molecule has 0 amide bonds. The van der Waals surface area contributed by atoms with Crippen LogP contribution >= 0.6 is 0 Å². The lowest BCUT2D eigenvalue weighted by atomic mass is 10.1. The van der Waals surface area contributed by atoms with Crippen molar-refractivity contribution in [3.05, 3.63) is 102 Å². The van der Waals surface area contributed by atoms with Gasteiger partial charge < -0.3 is 14.8 Å². The van der Waals surface area contributed by atoms with E-state index in [9.17, 15) is 4.79 Å². The van der Waals surface area contributed by atoms with Gasteiger partial charge in [-0.05, 0) is 52.7 Å². The molecule has 0 aromatic heterocycles. The molecule has 0 unspecified atom stereocenters. The fourth-order valence-corrected chi connectivity index (χ4v) is 3.16. The van der Waals surface area contributed by atoms with Crippen molar-refractivity contribution in [2.45, 2.75) is 6.54 Å². The normalized spacial score (nSPS) is 10.5. The first-order chi connectivity index (χ1) is 14.2. The molecule has 0 fully saturated rings. The van der Waals surface area contributed by atoms with Gasteiger partial charge in [0.2, 0.25) is 0 Å². The van der Waals surface area contributed by atoms with Crippen molar-refractivity contribution >= 4 is 22.4 Å². The number of methoxy groups -OCH3 is 1. The standard InChI is InChI=1S/C25H21NO3/c1-28-25(27)23-8-4-5-9-24(23)26-17-18-10-13-21(14-11-18)29-22-15-12-19-6-2-3-7-20(19)16-22/h2-16,26H,17H2,1H3. The lowest BCUT2D eigenvalue weighted by Gasteiger charge is -2.11. The Labute approximate surface area is 169 Å². The quantitative estimate of drug-likeness (QED) is 0.413. The lowest BCUT2D eigenvalue weighted by molar-refractivity contribution is 0.0602. The zero-order chi connectivity index (χ0) is 20.1. The lowest BCUT2D eigenvalue weighted by Crippen LogP contribution is -2.08. The number of rotatable bonds is 6. The van der Waals surface area contributed by atoms with E-state index in [1.165, 1.54) is 12.5 Å². The number of para-hydroxylation sites is 1. The number of fused-ring (bicyclic) bond motifs is 1. The van der Waals surface area contributed by atoms with Crippen LogP contribution in [0.2, 0.25) is 0 Å². The molecule has 0 bridgehead atoms. The van der Waals surface area contributed by atoms with Gasteiger partial charge in [0.25, 0.3) is 0 Å². The van der Waals surface area contributed by atoms with E-state index < -0.39 is 0 Å². The van der Waals surface area contributed by atoms with Crippen LogP contribution in [0.4, 0.5) is 5.69 Å². The monoisotopic (exact) mass is 383 g/mol. The number of esters is 1. The number of nitrogens with one attached hydrogen (secondary N) is 1. The molecule has 4 rings (SSSR count). The van der Waals surface area contributed by atoms with Crippen LogP contribution in [0.5, 0.6) is 11.5 Å². The fraction of sp³-hybridized carbons (Fsp3) is 0.0800. The minimum atomic E-state index is -0.354. The first-order valence-corrected chi connectivity index (χ1v) is 9.40. The van der Waals surface area contributed by atoms with Crippen molar-refractivity contribution in [1.82, 2.24) is 0 Å². The number of carbonyl (C=O) groups is 1. The van der Waals surface area contributed by atoms with Crippen molar-refractivity contribution in [3.63, 3.8) is 0 Å². The zero-order valence-electron chi connectivity index (χ0n) is 16.1. The van der Waals surface area contributed by atoms with Crippen LogP contribution in [0.1, 0.15) is 15.9 Å². The van der Waals surface area contributed by atoms with Crippen molar-refractivity contribution < 1.29 is 14.3 Å². The highest BCUT2D eigenvalue weighted by atomic mass is 16.5. The second kappa shape index (κ2) is 8.48. The number of hydrogen-bond donors (Lipinski definition) is 1. The molecule has 4 aromatic carbocycles.